The lowest BCUT2D eigenvalue weighted by Gasteiger charge is -2.18. The molecule has 80 valence electrons. The van der Waals surface area contributed by atoms with E-state index in [2.05, 4.69) is 9.89 Å². The second-order valence-electron chi connectivity index (χ2n) is 3.59. The van der Waals surface area contributed by atoms with Crippen LogP contribution in [0.3, 0.4) is 0 Å². The Morgan fingerprint density at radius 1 is 1.40 bits per heavy atom. The Labute approximate surface area is 99.5 Å². The zero-order valence-corrected chi connectivity index (χ0v) is 10.0. The predicted molar refractivity (Wildman–Crippen MR) is 64.8 cm³/mol. The van der Waals surface area contributed by atoms with Crippen LogP contribution in [0.1, 0.15) is 12.5 Å². The molecular formula is C11H12Cl2N2. The van der Waals surface area contributed by atoms with Crippen LogP contribution in [0.15, 0.2) is 23.2 Å². The highest BCUT2D eigenvalue weighted by atomic mass is 35.5. The number of rotatable bonds is 2. The van der Waals surface area contributed by atoms with E-state index in [0.717, 1.165) is 36.1 Å². The van der Waals surface area contributed by atoms with Gasteiger partial charge in [0.15, 0.2) is 0 Å². The highest BCUT2D eigenvalue weighted by molar-refractivity contribution is 6.35. The predicted octanol–water partition coefficient (Wildman–Crippen LogP) is 3.23. The van der Waals surface area contributed by atoms with Crippen LogP contribution >= 0.6 is 23.2 Å². The van der Waals surface area contributed by atoms with Crippen LogP contribution in [-0.4, -0.2) is 23.8 Å². The summed E-state index contributed by atoms with van der Waals surface area (Å²) in [6.07, 6.45) is 0. The molecule has 0 amide bonds. The third-order valence-electron chi connectivity index (χ3n) is 2.54. The van der Waals surface area contributed by atoms with Crippen molar-refractivity contribution < 1.29 is 0 Å². The maximum Gasteiger partial charge on any atom is 0.0961 e. The molecule has 1 aliphatic heterocycles. The maximum atomic E-state index is 6.10. The van der Waals surface area contributed by atoms with Gasteiger partial charge in [-0.2, -0.15) is 0 Å². The first-order valence-electron chi connectivity index (χ1n) is 4.87. The molecule has 0 aliphatic carbocycles. The lowest BCUT2D eigenvalue weighted by molar-refractivity contribution is 0.450. The number of benzene rings is 1. The molecule has 0 unspecified atom stereocenters. The molecule has 4 heteroatoms. The van der Waals surface area contributed by atoms with Gasteiger partial charge in [0.25, 0.3) is 0 Å². The quantitative estimate of drug-likeness (QED) is 0.778. The number of amidine groups is 1. The highest BCUT2D eigenvalue weighted by Crippen LogP contribution is 2.22. The van der Waals surface area contributed by atoms with E-state index >= 15 is 0 Å². The molecule has 0 radical (unpaired) electrons. The Morgan fingerprint density at radius 2 is 2.20 bits per heavy atom. The number of hydrogen-bond acceptors (Lipinski definition) is 2. The molecule has 2 nitrogen and oxygen atoms in total. The minimum Gasteiger partial charge on any atom is -0.354 e. The van der Waals surface area contributed by atoms with E-state index in [1.165, 1.54) is 0 Å². The summed E-state index contributed by atoms with van der Waals surface area (Å²) in [5, 5.41) is 1.40. The van der Waals surface area contributed by atoms with Gasteiger partial charge in [0.1, 0.15) is 0 Å². The van der Waals surface area contributed by atoms with E-state index in [1.807, 2.05) is 19.1 Å². The van der Waals surface area contributed by atoms with E-state index in [-0.39, 0.29) is 0 Å². The summed E-state index contributed by atoms with van der Waals surface area (Å²) in [4.78, 5) is 6.55. The van der Waals surface area contributed by atoms with Gasteiger partial charge in [0.2, 0.25) is 0 Å². The molecule has 0 saturated carbocycles. The molecule has 15 heavy (non-hydrogen) atoms. The lowest BCUT2D eigenvalue weighted by Crippen LogP contribution is -2.25. The normalized spacial score (nSPS) is 15.7. The van der Waals surface area contributed by atoms with E-state index in [9.17, 15) is 0 Å². The van der Waals surface area contributed by atoms with Crippen molar-refractivity contribution in [1.29, 1.82) is 0 Å². The molecule has 0 aromatic heterocycles. The van der Waals surface area contributed by atoms with Crippen molar-refractivity contribution in [3.63, 3.8) is 0 Å². The summed E-state index contributed by atoms with van der Waals surface area (Å²) in [6, 6.07) is 5.61. The second kappa shape index (κ2) is 4.42. The standard InChI is InChI=1S/C11H12Cl2N2/c1-8-14-4-5-15(8)7-9-2-3-10(12)6-11(9)13/h2-3,6H,4-5,7H2,1H3. The molecule has 0 saturated heterocycles. The average Bonchev–Trinajstić information content (AvgIpc) is 2.57. The van der Waals surface area contributed by atoms with Crippen molar-refractivity contribution >= 4 is 29.0 Å². The third kappa shape index (κ3) is 2.44. The van der Waals surface area contributed by atoms with E-state index < -0.39 is 0 Å². The van der Waals surface area contributed by atoms with Crippen LogP contribution in [-0.2, 0) is 6.54 Å². The van der Waals surface area contributed by atoms with Crippen LogP contribution in [0, 0.1) is 0 Å². The first-order valence-corrected chi connectivity index (χ1v) is 5.62. The van der Waals surface area contributed by atoms with Crippen LogP contribution in [0.25, 0.3) is 0 Å². The van der Waals surface area contributed by atoms with Crippen molar-refractivity contribution in [2.45, 2.75) is 13.5 Å². The molecule has 0 spiro atoms. The molecule has 1 aromatic carbocycles. The minimum absolute atomic E-state index is 0.676. The van der Waals surface area contributed by atoms with Gasteiger partial charge in [-0.3, -0.25) is 4.99 Å². The number of aliphatic imine (C=N–C) groups is 1. The Bertz CT molecular complexity index is 402. The van der Waals surface area contributed by atoms with E-state index in [1.54, 1.807) is 6.07 Å². The van der Waals surface area contributed by atoms with Gasteiger partial charge in [0.05, 0.1) is 12.4 Å². The molecule has 0 atom stereocenters. The fraction of sp³-hybridized carbons (Fsp3) is 0.364. The number of nitrogens with zero attached hydrogens (tertiary/aromatic N) is 2. The van der Waals surface area contributed by atoms with Gasteiger partial charge in [-0.05, 0) is 24.6 Å². The van der Waals surface area contributed by atoms with Crippen LogP contribution < -0.4 is 0 Å². The zero-order valence-electron chi connectivity index (χ0n) is 8.50. The summed E-state index contributed by atoms with van der Waals surface area (Å²) >= 11 is 11.9. The fourth-order valence-electron chi connectivity index (χ4n) is 1.64. The monoisotopic (exact) mass is 242 g/mol. The van der Waals surface area contributed by atoms with E-state index in [4.69, 9.17) is 23.2 Å². The van der Waals surface area contributed by atoms with Gasteiger partial charge >= 0.3 is 0 Å². The Balaban J connectivity index is 2.14. The fourth-order valence-corrected chi connectivity index (χ4v) is 2.11. The molecule has 1 aliphatic rings. The van der Waals surface area contributed by atoms with E-state index in [0.29, 0.717) is 5.02 Å². The summed E-state index contributed by atoms with van der Waals surface area (Å²) in [5.41, 5.74) is 1.09. The van der Waals surface area contributed by atoms with Crippen LogP contribution in [0.2, 0.25) is 10.0 Å². The molecule has 1 heterocycles. The second-order valence-corrected chi connectivity index (χ2v) is 4.43. The largest absolute Gasteiger partial charge is 0.354 e. The van der Waals surface area contributed by atoms with Crippen LogP contribution in [0.4, 0.5) is 0 Å². The first kappa shape index (κ1) is 10.8. The third-order valence-corrected chi connectivity index (χ3v) is 3.13. The molecule has 1 aromatic rings. The van der Waals surface area contributed by atoms with Crippen molar-refractivity contribution in [1.82, 2.24) is 4.90 Å². The Morgan fingerprint density at radius 3 is 2.80 bits per heavy atom. The lowest BCUT2D eigenvalue weighted by atomic mass is 10.2. The zero-order chi connectivity index (χ0) is 10.8. The molecule has 0 N–H and O–H groups in total. The Hall–Kier alpha value is -0.730. The first-order chi connectivity index (χ1) is 7.16. The topological polar surface area (TPSA) is 15.6 Å². The average molecular weight is 243 g/mol. The number of halogens is 2. The summed E-state index contributed by atoms with van der Waals surface area (Å²) in [6.45, 7) is 4.70. The van der Waals surface area contributed by atoms with Crippen molar-refractivity contribution in [3.05, 3.63) is 33.8 Å². The Kier molecular flexibility index (Phi) is 3.17. The molecule has 0 bridgehead atoms. The molecule has 2 rings (SSSR count). The molecule has 0 fully saturated rings. The summed E-state index contributed by atoms with van der Waals surface area (Å²) in [7, 11) is 0. The van der Waals surface area contributed by atoms with Crippen molar-refractivity contribution in [2.75, 3.05) is 13.1 Å². The van der Waals surface area contributed by atoms with Gasteiger partial charge in [-0.1, -0.05) is 29.3 Å². The molecular weight excluding hydrogens is 231 g/mol. The van der Waals surface area contributed by atoms with Crippen molar-refractivity contribution in [3.8, 4) is 0 Å². The van der Waals surface area contributed by atoms with Gasteiger partial charge in [-0.25, -0.2) is 0 Å². The van der Waals surface area contributed by atoms with Crippen molar-refractivity contribution in [2.24, 2.45) is 4.99 Å². The van der Waals surface area contributed by atoms with Gasteiger partial charge in [0, 0.05) is 23.1 Å². The van der Waals surface area contributed by atoms with Crippen LogP contribution in [0.5, 0.6) is 0 Å². The van der Waals surface area contributed by atoms with Gasteiger partial charge in [-0.15, -0.1) is 0 Å². The summed E-state index contributed by atoms with van der Waals surface area (Å²) in [5.74, 6) is 1.08. The number of hydrogen-bond donors (Lipinski definition) is 0. The highest BCUT2D eigenvalue weighted by Gasteiger charge is 2.13. The smallest absolute Gasteiger partial charge is 0.0961 e. The van der Waals surface area contributed by atoms with Gasteiger partial charge < -0.3 is 4.90 Å². The SMILES string of the molecule is CC1=NCCN1Cc1ccc(Cl)cc1Cl. The minimum atomic E-state index is 0.676. The summed E-state index contributed by atoms with van der Waals surface area (Å²) < 4.78 is 0. The maximum absolute atomic E-state index is 6.10.